The molecule has 1 aromatic carbocycles. The van der Waals surface area contributed by atoms with E-state index in [1.807, 2.05) is 0 Å². The largest absolute Gasteiger partial charge is 0.481 e. The molecule has 2 N–H and O–H groups in total. The number of nitrogens with zero attached hydrogens (tertiary/aromatic N) is 1. The van der Waals surface area contributed by atoms with Crippen LogP contribution in [0, 0.1) is 5.82 Å². The lowest BCUT2D eigenvalue weighted by atomic mass is 10.3. The number of carboxylic acids is 1. The maximum atomic E-state index is 13.0. The van der Waals surface area contributed by atoms with E-state index < -0.39 is 11.8 Å². The normalized spacial score (nSPS) is 13.9. The quantitative estimate of drug-likeness (QED) is 0.862. The van der Waals surface area contributed by atoms with Crippen molar-refractivity contribution in [2.45, 2.75) is 25.3 Å². The number of carbonyl (C=O) groups excluding carboxylic acids is 1. The summed E-state index contributed by atoms with van der Waals surface area (Å²) in [5.74, 6) is -1.34. The lowest BCUT2D eigenvalue weighted by Crippen LogP contribution is -2.38. The van der Waals surface area contributed by atoms with Crippen molar-refractivity contribution in [1.82, 2.24) is 4.90 Å². The SMILES string of the molecule is O=C(O)CCN(C(=O)Nc1ccc(F)cc1Br)C1CC1. The van der Waals surface area contributed by atoms with Gasteiger partial charge in [-0.05, 0) is 47.0 Å². The van der Waals surface area contributed by atoms with Gasteiger partial charge in [-0.25, -0.2) is 9.18 Å². The molecule has 5 nitrogen and oxygen atoms in total. The van der Waals surface area contributed by atoms with E-state index >= 15 is 0 Å². The Bertz CT molecular complexity index is 534. The van der Waals surface area contributed by atoms with Crippen molar-refractivity contribution in [2.24, 2.45) is 0 Å². The standard InChI is InChI=1S/C13H14BrFN2O3/c14-10-7-8(15)1-4-11(10)16-13(20)17(9-2-3-9)6-5-12(18)19/h1,4,7,9H,2-3,5-6H2,(H,16,20)(H,18,19). The van der Waals surface area contributed by atoms with Crippen LogP contribution in [0.3, 0.4) is 0 Å². The first-order valence-electron chi connectivity index (χ1n) is 6.22. The number of urea groups is 1. The molecular weight excluding hydrogens is 331 g/mol. The molecule has 7 heteroatoms. The number of carboxylic acid groups (broad SMARTS) is 1. The maximum Gasteiger partial charge on any atom is 0.322 e. The average Bonchev–Trinajstić information content (AvgIpc) is 3.17. The van der Waals surface area contributed by atoms with Crippen LogP contribution in [0.4, 0.5) is 14.9 Å². The third-order valence-corrected chi connectivity index (χ3v) is 3.64. The van der Waals surface area contributed by atoms with Gasteiger partial charge in [-0.15, -0.1) is 0 Å². The van der Waals surface area contributed by atoms with Crippen LogP contribution < -0.4 is 5.32 Å². The van der Waals surface area contributed by atoms with Crippen LogP contribution in [0.15, 0.2) is 22.7 Å². The molecule has 0 unspecified atom stereocenters. The molecule has 0 aromatic heterocycles. The van der Waals surface area contributed by atoms with Crippen molar-refractivity contribution in [1.29, 1.82) is 0 Å². The van der Waals surface area contributed by atoms with Crippen molar-refractivity contribution >= 4 is 33.6 Å². The summed E-state index contributed by atoms with van der Waals surface area (Å²) in [7, 11) is 0. The first-order chi connectivity index (χ1) is 9.47. The van der Waals surface area contributed by atoms with Gasteiger partial charge in [-0.3, -0.25) is 4.79 Å². The Kier molecular flexibility index (Phi) is 4.59. The Hall–Kier alpha value is -1.63. The van der Waals surface area contributed by atoms with Crippen LogP contribution >= 0.6 is 15.9 Å². The molecule has 108 valence electrons. The molecule has 0 saturated heterocycles. The van der Waals surface area contributed by atoms with Crippen LogP contribution in [0.5, 0.6) is 0 Å². The van der Waals surface area contributed by atoms with Gasteiger partial charge in [-0.1, -0.05) is 0 Å². The average molecular weight is 345 g/mol. The molecule has 2 rings (SSSR count). The predicted molar refractivity (Wildman–Crippen MR) is 75.1 cm³/mol. The third kappa shape index (κ3) is 3.93. The number of hydrogen-bond donors (Lipinski definition) is 2. The molecule has 2 amide bonds. The molecule has 20 heavy (non-hydrogen) atoms. The fourth-order valence-electron chi connectivity index (χ4n) is 1.83. The summed E-state index contributed by atoms with van der Waals surface area (Å²) in [4.78, 5) is 24.3. The summed E-state index contributed by atoms with van der Waals surface area (Å²) in [5.41, 5.74) is 0.456. The highest BCUT2D eigenvalue weighted by Crippen LogP contribution is 2.29. The van der Waals surface area contributed by atoms with E-state index in [2.05, 4.69) is 21.2 Å². The Morgan fingerprint density at radius 3 is 2.70 bits per heavy atom. The monoisotopic (exact) mass is 344 g/mol. The van der Waals surface area contributed by atoms with Crippen LogP contribution in [0.1, 0.15) is 19.3 Å². The Labute approximate surface area is 123 Å². The van der Waals surface area contributed by atoms with Gasteiger partial charge in [0.1, 0.15) is 5.82 Å². The molecule has 1 aliphatic rings. The highest BCUT2D eigenvalue weighted by atomic mass is 79.9. The van der Waals surface area contributed by atoms with Crippen molar-refractivity contribution in [3.05, 3.63) is 28.5 Å². The number of nitrogens with one attached hydrogen (secondary N) is 1. The lowest BCUT2D eigenvalue weighted by molar-refractivity contribution is -0.137. The fraction of sp³-hybridized carbons (Fsp3) is 0.385. The molecule has 0 aliphatic heterocycles. The number of amides is 2. The van der Waals surface area contributed by atoms with Crippen molar-refractivity contribution in [3.8, 4) is 0 Å². The Morgan fingerprint density at radius 1 is 1.45 bits per heavy atom. The van der Waals surface area contributed by atoms with Gasteiger partial charge in [0.25, 0.3) is 0 Å². The number of aliphatic carboxylic acids is 1. The summed E-state index contributed by atoms with van der Waals surface area (Å²) in [6, 6.07) is 3.71. The zero-order chi connectivity index (χ0) is 14.7. The highest BCUT2D eigenvalue weighted by molar-refractivity contribution is 9.10. The van der Waals surface area contributed by atoms with E-state index in [1.54, 1.807) is 0 Å². The van der Waals surface area contributed by atoms with Gasteiger partial charge in [0.05, 0.1) is 12.1 Å². The fourth-order valence-corrected chi connectivity index (χ4v) is 2.28. The highest BCUT2D eigenvalue weighted by Gasteiger charge is 2.32. The van der Waals surface area contributed by atoms with E-state index in [0.29, 0.717) is 10.2 Å². The minimum atomic E-state index is -0.939. The smallest absolute Gasteiger partial charge is 0.322 e. The van der Waals surface area contributed by atoms with Crippen molar-refractivity contribution < 1.29 is 19.1 Å². The third-order valence-electron chi connectivity index (χ3n) is 2.99. The first-order valence-corrected chi connectivity index (χ1v) is 7.01. The van der Waals surface area contributed by atoms with E-state index in [-0.39, 0.29) is 25.0 Å². The number of benzene rings is 1. The van der Waals surface area contributed by atoms with E-state index in [0.717, 1.165) is 12.8 Å². The molecule has 1 aromatic rings. The molecule has 1 aliphatic carbocycles. The van der Waals surface area contributed by atoms with E-state index in [1.165, 1.54) is 23.1 Å². The van der Waals surface area contributed by atoms with Crippen molar-refractivity contribution in [3.63, 3.8) is 0 Å². The molecule has 0 bridgehead atoms. The van der Waals surface area contributed by atoms with Gasteiger partial charge in [0.2, 0.25) is 0 Å². The van der Waals surface area contributed by atoms with Gasteiger partial charge < -0.3 is 15.3 Å². The summed E-state index contributed by atoms with van der Waals surface area (Å²) in [6.45, 7) is 0.171. The van der Waals surface area contributed by atoms with E-state index in [9.17, 15) is 14.0 Å². The van der Waals surface area contributed by atoms with E-state index in [4.69, 9.17) is 5.11 Å². The molecular formula is C13H14BrFN2O3. The summed E-state index contributed by atoms with van der Waals surface area (Å²) >= 11 is 3.17. The van der Waals surface area contributed by atoms with Gasteiger partial charge in [0.15, 0.2) is 0 Å². The van der Waals surface area contributed by atoms with Crippen LogP contribution in [0.2, 0.25) is 0 Å². The number of halogens is 2. The summed E-state index contributed by atoms with van der Waals surface area (Å²) < 4.78 is 13.4. The molecule has 0 spiro atoms. The minimum Gasteiger partial charge on any atom is -0.481 e. The first kappa shape index (κ1) is 14.8. The minimum absolute atomic E-state index is 0.0888. The van der Waals surface area contributed by atoms with Crippen LogP contribution in [0.25, 0.3) is 0 Å². The second kappa shape index (κ2) is 6.21. The zero-order valence-electron chi connectivity index (χ0n) is 10.6. The topological polar surface area (TPSA) is 69.6 Å². The molecule has 1 fully saturated rings. The van der Waals surface area contributed by atoms with Gasteiger partial charge in [0, 0.05) is 17.1 Å². The maximum absolute atomic E-state index is 13.0. The molecule has 0 atom stereocenters. The number of anilines is 1. The molecule has 1 saturated carbocycles. The van der Waals surface area contributed by atoms with Crippen LogP contribution in [-0.4, -0.2) is 34.6 Å². The Balaban J connectivity index is 2.02. The molecule has 0 radical (unpaired) electrons. The number of rotatable bonds is 5. The zero-order valence-corrected chi connectivity index (χ0v) is 12.2. The Morgan fingerprint density at radius 2 is 2.15 bits per heavy atom. The summed E-state index contributed by atoms with van der Waals surface area (Å²) in [5, 5.41) is 11.4. The number of hydrogen-bond acceptors (Lipinski definition) is 2. The summed E-state index contributed by atoms with van der Waals surface area (Å²) in [6.07, 6.45) is 1.68. The second-order valence-electron chi connectivity index (χ2n) is 4.62. The number of carbonyl (C=O) groups is 2. The lowest BCUT2D eigenvalue weighted by Gasteiger charge is -2.22. The predicted octanol–water partition coefficient (Wildman–Crippen LogP) is 3.06. The van der Waals surface area contributed by atoms with Crippen molar-refractivity contribution in [2.75, 3.05) is 11.9 Å². The van der Waals surface area contributed by atoms with Gasteiger partial charge in [-0.2, -0.15) is 0 Å². The van der Waals surface area contributed by atoms with Gasteiger partial charge >= 0.3 is 12.0 Å². The molecule has 0 heterocycles. The second-order valence-corrected chi connectivity index (χ2v) is 5.48. The van der Waals surface area contributed by atoms with Crippen LogP contribution in [-0.2, 0) is 4.79 Å².